The van der Waals surface area contributed by atoms with Gasteiger partial charge in [-0.05, 0) is 18.6 Å². The maximum atomic E-state index is 9.84. The van der Waals surface area contributed by atoms with Crippen molar-refractivity contribution in [2.24, 2.45) is 5.73 Å². The molecule has 0 spiro atoms. The second-order valence-electron chi connectivity index (χ2n) is 3.98. The third-order valence-corrected chi connectivity index (χ3v) is 3.54. The summed E-state index contributed by atoms with van der Waals surface area (Å²) in [5.74, 6) is -0.686. The first-order valence-electron chi connectivity index (χ1n) is 5.03. The van der Waals surface area contributed by atoms with Crippen LogP contribution in [0.2, 0.25) is 0 Å². The second kappa shape index (κ2) is 5.31. The Kier molecular flexibility index (Phi) is 4.49. The zero-order valence-electron chi connectivity index (χ0n) is 9.32. The maximum absolute atomic E-state index is 9.84. The fraction of sp³-hybridized carbons (Fsp3) is 0.455. The lowest BCUT2D eigenvalue weighted by atomic mass is 9.91. The fourth-order valence-electron chi connectivity index (χ4n) is 1.62. The van der Waals surface area contributed by atoms with Crippen LogP contribution in [-0.2, 0) is 4.87 Å². The Bertz CT molecular complexity index is 410. The molecule has 0 saturated heterocycles. The molecule has 0 aromatic heterocycles. The smallest absolute Gasteiger partial charge is 0.162 e. The van der Waals surface area contributed by atoms with Crippen LogP contribution in [0.3, 0.4) is 0 Å². The molecule has 0 saturated carbocycles. The monoisotopic (exact) mass is 279 g/mol. The molecule has 5 N–H and O–H groups in total. The van der Waals surface area contributed by atoms with E-state index in [2.05, 4.69) is 0 Å². The van der Waals surface area contributed by atoms with E-state index in [1.807, 2.05) is 0 Å². The molecule has 0 heterocycles. The molecule has 0 aliphatic heterocycles. The van der Waals surface area contributed by atoms with Gasteiger partial charge in [-0.3, -0.25) is 0 Å². The predicted octanol–water partition coefficient (Wildman–Crippen LogP) is 1.78. The second-order valence-corrected chi connectivity index (χ2v) is 5.08. The lowest BCUT2D eigenvalue weighted by molar-refractivity contribution is 0.184. The van der Waals surface area contributed by atoms with Gasteiger partial charge in [-0.15, -0.1) is 23.2 Å². The highest BCUT2D eigenvalue weighted by atomic mass is 35.5. The van der Waals surface area contributed by atoms with Gasteiger partial charge in [0.1, 0.15) is 0 Å². The van der Waals surface area contributed by atoms with Crippen molar-refractivity contribution < 1.29 is 15.3 Å². The van der Waals surface area contributed by atoms with Gasteiger partial charge in [0.05, 0.1) is 11.0 Å². The third kappa shape index (κ3) is 2.77. The number of aliphatic hydroxyl groups is 1. The Morgan fingerprint density at radius 3 is 2.47 bits per heavy atom. The van der Waals surface area contributed by atoms with Gasteiger partial charge in [0.2, 0.25) is 0 Å². The highest BCUT2D eigenvalue weighted by Gasteiger charge is 2.32. The van der Waals surface area contributed by atoms with Crippen molar-refractivity contribution in [1.82, 2.24) is 0 Å². The molecule has 0 fully saturated rings. The molecular weight excluding hydrogens is 265 g/mol. The zero-order valence-corrected chi connectivity index (χ0v) is 10.8. The summed E-state index contributed by atoms with van der Waals surface area (Å²) in [7, 11) is 0. The number of hydrogen-bond donors (Lipinski definition) is 4. The van der Waals surface area contributed by atoms with E-state index < -0.39 is 11.0 Å². The Hall–Kier alpha value is -0.680. The summed E-state index contributed by atoms with van der Waals surface area (Å²) < 4.78 is 0. The molecule has 1 unspecified atom stereocenters. The van der Waals surface area contributed by atoms with Crippen LogP contribution in [0.1, 0.15) is 24.2 Å². The molecule has 1 rings (SSSR count). The van der Waals surface area contributed by atoms with E-state index in [0.29, 0.717) is 5.56 Å². The minimum absolute atomic E-state index is 0.00978. The molecule has 6 heteroatoms. The van der Waals surface area contributed by atoms with E-state index in [1.54, 1.807) is 6.92 Å². The predicted molar refractivity (Wildman–Crippen MR) is 67.7 cm³/mol. The van der Waals surface area contributed by atoms with E-state index in [-0.39, 0.29) is 29.5 Å². The fourth-order valence-corrected chi connectivity index (χ4v) is 1.95. The highest BCUT2D eigenvalue weighted by molar-refractivity contribution is 6.30. The summed E-state index contributed by atoms with van der Waals surface area (Å²) in [5.41, 5.74) is 5.94. The summed E-state index contributed by atoms with van der Waals surface area (Å²) >= 11 is 11.9. The Labute approximate surface area is 110 Å². The van der Waals surface area contributed by atoms with E-state index in [4.69, 9.17) is 28.9 Å². The van der Waals surface area contributed by atoms with Crippen LogP contribution in [-0.4, -0.2) is 27.7 Å². The molecule has 0 aliphatic rings. The van der Waals surface area contributed by atoms with Gasteiger partial charge < -0.3 is 21.1 Å². The topological polar surface area (TPSA) is 86.7 Å². The summed E-state index contributed by atoms with van der Waals surface area (Å²) in [6.45, 7) is 1.56. The number of alkyl halides is 2. The van der Waals surface area contributed by atoms with Gasteiger partial charge >= 0.3 is 0 Å². The van der Waals surface area contributed by atoms with Gasteiger partial charge in [-0.1, -0.05) is 6.07 Å². The van der Waals surface area contributed by atoms with E-state index in [0.717, 1.165) is 0 Å². The molecule has 1 aromatic rings. The normalized spacial score (nSPS) is 16.5. The minimum atomic E-state index is -1.10. The van der Waals surface area contributed by atoms with Crippen LogP contribution in [0.4, 0.5) is 0 Å². The van der Waals surface area contributed by atoms with E-state index in [1.165, 1.54) is 12.1 Å². The van der Waals surface area contributed by atoms with Crippen LogP contribution < -0.4 is 5.73 Å². The largest absolute Gasteiger partial charge is 0.504 e. The molecule has 0 bridgehead atoms. The van der Waals surface area contributed by atoms with Crippen molar-refractivity contribution in [2.45, 2.75) is 17.9 Å². The van der Waals surface area contributed by atoms with Gasteiger partial charge in [0, 0.05) is 18.0 Å². The van der Waals surface area contributed by atoms with Gasteiger partial charge in [-0.25, -0.2) is 0 Å². The average molecular weight is 280 g/mol. The van der Waals surface area contributed by atoms with Crippen LogP contribution >= 0.6 is 23.2 Å². The first-order valence-corrected chi connectivity index (χ1v) is 5.94. The Balaban J connectivity index is 3.47. The number of phenolic OH excluding ortho intramolecular Hbond substituents is 2. The Morgan fingerprint density at radius 2 is 2.00 bits per heavy atom. The van der Waals surface area contributed by atoms with Gasteiger partial charge in [0.15, 0.2) is 11.5 Å². The number of benzene rings is 1. The molecule has 4 nitrogen and oxygen atoms in total. The molecule has 17 heavy (non-hydrogen) atoms. The zero-order chi connectivity index (χ0) is 13.2. The van der Waals surface area contributed by atoms with Crippen molar-refractivity contribution >= 4 is 23.2 Å². The quantitative estimate of drug-likeness (QED) is 0.500. The molecular formula is C11H15Cl2NO3. The van der Waals surface area contributed by atoms with Crippen LogP contribution in [0.25, 0.3) is 0 Å². The van der Waals surface area contributed by atoms with Crippen LogP contribution in [0.15, 0.2) is 12.1 Å². The lowest BCUT2D eigenvalue weighted by Gasteiger charge is -2.26. The third-order valence-electron chi connectivity index (χ3n) is 2.54. The standard InChI is InChI=1S/C11H15Cl2NO3/c1-11(13,5-12)9-6(8(16)4-14)2-3-7(15)10(9)17/h2-3,8,15-17H,4-5,14H2,1H3/t8-,11?/m0/s1. The molecule has 1 aromatic carbocycles. The molecule has 0 amide bonds. The summed E-state index contributed by atoms with van der Waals surface area (Å²) in [6, 6.07) is 2.74. The van der Waals surface area contributed by atoms with Crippen molar-refractivity contribution in [1.29, 1.82) is 0 Å². The first-order chi connectivity index (χ1) is 7.85. The first kappa shape index (κ1) is 14.4. The number of hydrogen-bond acceptors (Lipinski definition) is 4. The summed E-state index contributed by atoms with van der Waals surface area (Å²) in [6.07, 6.45) is -0.974. The van der Waals surface area contributed by atoms with E-state index in [9.17, 15) is 15.3 Å². The maximum Gasteiger partial charge on any atom is 0.162 e. The highest BCUT2D eigenvalue weighted by Crippen LogP contribution is 2.44. The molecule has 0 radical (unpaired) electrons. The van der Waals surface area contributed by atoms with Crippen LogP contribution in [0, 0.1) is 0 Å². The average Bonchev–Trinajstić information content (AvgIpc) is 2.31. The summed E-state index contributed by atoms with van der Waals surface area (Å²) in [4.78, 5) is -1.10. The van der Waals surface area contributed by atoms with E-state index >= 15 is 0 Å². The number of nitrogens with two attached hydrogens (primary N) is 1. The van der Waals surface area contributed by atoms with Crippen LogP contribution in [0.5, 0.6) is 11.5 Å². The van der Waals surface area contributed by atoms with Crippen molar-refractivity contribution in [3.63, 3.8) is 0 Å². The number of aliphatic hydroxyl groups excluding tert-OH is 1. The number of rotatable bonds is 4. The molecule has 2 atom stereocenters. The number of aromatic hydroxyl groups is 2. The SMILES string of the molecule is CC(Cl)(CCl)c1c([C@@H](O)CN)ccc(O)c1O. The number of halogens is 2. The summed E-state index contributed by atoms with van der Waals surface area (Å²) in [5, 5.41) is 29.1. The van der Waals surface area contributed by atoms with Crippen molar-refractivity contribution in [2.75, 3.05) is 12.4 Å². The van der Waals surface area contributed by atoms with Gasteiger partial charge in [0.25, 0.3) is 0 Å². The lowest BCUT2D eigenvalue weighted by Crippen LogP contribution is -2.22. The molecule has 0 aliphatic carbocycles. The molecule has 96 valence electrons. The van der Waals surface area contributed by atoms with Crippen molar-refractivity contribution in [3.05, 3.63) is 23.3 Å². The van der Waals surface area contributed by atoms with Gasteiger partial charge in [-0.2, -0.15) is 0 Å². The van der Waals surface area contributed by atoms with Crippen molar-refractivity contribution in [3.8, 4) is 11.5 Å². The Morgan fingerprint density at radius 1 is 1.41 bits per heavy atom. The minimum Gasteiger partial charge on any atom is -0.504 e. The number of phenols is 2.